The number of hydrogen-bond donors (Lipinski definition) is 1. The molecule has 130 valence electrons. The normalized spacial score (nSPS) is 25.5. The predicted octanol–water partition coefficient (Wildman–Crippen LogP) is 1.16. The topological polar surface area (TPSA) is 83.3 Å². The number of ether oxygens (including phenoxy) is 4. The van der Waals surface area contributed by atoms with E-state index in [9.17, 15) is 4.79 Å². The fraction of sp³-hybridized carbons (Fsp3) is 0.588. The van der Waals surface area contributed by atoms with Crippen LogP contribution in [0, 0.1) is 0 Å². The lowest BCUT2D eigenvalue weighted by Gasteiger charge is -2.42. The highest BCUT2D eigenvalue weighted by Gasteiger charge is 2.45. The summed E-state index contributed by atoms with van der Waals surface area (Å²) in [6, 6.07) is 3.72. The van der Waals surface area contributed by atoms with Gasteiger partial charge in [-0.25, -0.2) is 4.79 Å². The highest BCUT2D eigenvalue weighted by molar-refractivity contribution is 5.95. The number of piperidine rings is 1. The number of carbonyl (C=O) groups excluding carboxylic acids is 1. The molecule has 2 saturated heterocycles. The van der Waals surface area contributed by atoms with Crippen LogP contribution < -0.4 is 10.5 Å². The molecule has 0 aromatic heterocycles. The second-order valence-corrected chi connectivity index (χ2v) is 6.54. The second-order valence-electron chi connectivity index (χ2n) is 6.54. The van der Waals surface area contributed by atoms with Gasteiger partial charge in [-0.2, -0.15) is 0 Å². The van der Waals surface area contributed by atoms with E-state index in [1.807, 2.05) is 6.07 Å². The molecule has 7 nitrogen and oxygen atoms in total. The van der Waals surface area contributed by atoms with Crippen LogP contribution in [0.1, 0.15) is 28.8 Å². The Balaban J connectivity index is 1.58. The van der Waals surface area contributed by atoms with Crippen LogP contribution in [-0.4, -0.2) is 56.2 Å². The van der Waals surface area contributed by atoms with E-state index in [0.29, 0.717) is 36.8 Å². The highest BCUT2D eigenvalue weighted by Crippen LogP contribution is 2.38. The minimum atomic E-state index is -0.451. The zero-order valence-electron chi connectivity index (χ0n) is 13.7. The Morgan fingerprint density at radius 1 is 1.38 bits per heavy atom. The average molecular weight is 334 g/mol. The molecule has 2 fully saturated rings. The van der Waals surface area contributed by atoms with Gasteiger partial charge in [-0.05, 0) is 12.1 Å². The lowest BCUT2D eigenvalue weighted by molar-refractivity contribution is -0.199. The van der Waals surface area contributed by atoms with Crippen molar-refractivity contribution in [1.82, 2.24) is 4.90 Å². The molecule has 0 amide bonds. The Kier molecular flexibility index (Phi) is 3.86. The fourth-order valence-corrected chi connectivity index (χ4v) is 3.81. The molecule has 3 aliphatic rings. The number of carbonyl (C=O) groups is 1. The zero-order chi connectivity index (χ0) is 16.7. The van der Waals surface area contributed by atoms with Crippen molar-refractivity contribution in [3.63, 3.8) is 0 Å². The minimum Gasteiger partial charge on any atom is -0.492 e. The number of fused-ring (bicyclic) bond motifs is 2. The van der Waals surface area contributed by atoms with E-state index in [1.165, 1.54) is 7.11 Å². The molecule has 0 saturated carbocycles. The maximum absolute atomic E-state index is 11.8. The van der Waals surface area contributed by atoms with Crippen molar-refractivity contribution >= 4 is 11.7 Å². The van der Waals surface area contributed by atoms with Gasteiger partial charge in [0.15, 0.2) is 5.79 Å². The van der Waals surface area contributed by atoms with Crippen molar-refractivity contribution in [3.8, 4) is 5.75 Å². The van der Waals surface area contributed by atoms with E-state index < -0.39 is 11.8 Å². The van der Waals surface area contributed by atoms with E-state index in [0.717, 1.165) is 31.5 Å². The Labute approximate surface area is 140 Å². The minimum absolute atomic E-state index is 0.215. The van der Waals surface area contributed by atoms with Gasteiger partial charge in [-0.15, -0.1) is 0 Å². The van der Waals surface area contributed by atoms with Gasteiger partial charge in [0.1, 0.15) is 12.4 Å². The Morgan fingerprint density at radius 2 is 2.17 bits per heavy atom. The first-order chi connectivity index (χ1) is 11.6. The fourth-order valence-electron chi connectivity index (χ4n) is 3.81. The second kappa shape index (κ2) is 5.91. The van der Waals surface area contributed by atoms with Gasteiger partial charge in [0.05, 0.1) is 25.9 Å². The molecule has 1 spiro atoms. The molecule has 0 unspecified atom stereocenters. The highest BCUT2D eigenvalue weighted by atomic mass is 16.7. The lowest BCUT2D eigenvalue weighted by atomic mass is 9.96. The first-order valence-electron chi connectivity index (χ1n) is 8.26. The number of methoxy groups -OCH3 is 1. The van der Waals surface area contributed by atoms with Crippen LogP contribution in [0.5, 0.6) is 5.75 Å². The van der Waals surface area contributed by atoms with Crippen LogP contribution in [-0.2, 0) is 20.8 Å². The van der Waals surface area contributed by atoms with Crippen LogP contribution in [0.4, 0.5) is 5.69 Å². The molecule has 1 aromatic carbocycles. The Morgan fingerprint density at radius 3 is 2.92 bits per heavy atom. The molecule has 3 heterocycles. The Hall–Kier alpha value is -1.83. The molecule has 3 aliphatic heterocycles. The molecule has 1 atom stereocenters. The van der Waals surface area contributed by atoms with Crippen LogP contribution in [0.2, 0.25) is 0 Å². The number of nitrogens with two attached hydrogens (primary N) is 1. The Bertz CT molecular complexity index is 657. The number of nitrogen functional groups attached to an aromatic ring is 1. The summed E-state index contributed by atoms with van der Waals surface area (Å²) in [4.78, 5) is 14.2. The largest absolute Gasteiger partial charge is 0.492 e. The lowest BCUT2D eigenvalue weighted by Crippen LogP contribution is -2.52. The summed E-state index contributed by atoms with van der Waals surface area (Å²) >= 11 is 0. The molecule has 0 radical (unpaired) electrons. The van der Waals surface area contributed by atoms with Gasteiger partial charge in [0, 0.05) is 43.2 Å². The van der Waals surface area contributed by atoms with Crippen LogP contribution in [0.3, 0.4) is 0 Å². The summed E-state index contributed by atoms with van der Waals surface area (Å²) in [5, 5.41) is 0. The van der Waals surface area contributed by atoms with Gasteiger partial charge < -0.3 is 24.7 Å². The van der Waals surface area contributed by atoms with Crippen molar-refractivity contribution in [2.24, 2.45) is 0 Å². The summed E-state index contributed by atoms with van der Waals surface area (Å²) in [5.74, 6) is -0.203. The molecule has 4 rings (SSSR count). The molecular formula is C17H22N2O5. The summed E-state index contributed by atoms with van der Waals surface area (Å²) in [7, 11) is 1.34. The summed E-state index contributed by atoms with van der Waals surface area (Å²) in [5.41, 5.74) is 7.77. The quantitative estimate of drug-likeness (QED) is 0.609. The van der Waals surface area contributed by atoms with Crippen LogP contribution in [0.25, 0.3) is 0 Å². The molecule has 7 heteroatoms. The van der Waals surface area contributed by atoms with Gasteiger partial charge in [-0.1, -0.05) is 0 Å². The maximum atomic E-state index is 11.8. The summed E-state index contributed by atoms with van der Waals surface area (Å²) in [6.45, 7) is 3.47. The molecule has 1 aromatic rings. The van der Waals surface area contributed by atoms with Crippen molar-refractivity contribution in [3.05, 3.63) is 23.3 Å². The molecule has 2 N–H and O–H groups in total. The monoisotopic (exact) mass is 334 g/mol. The van der Waals surface area contributed by atoms with Crippen molar-refractivity contribution in [2.45, 2.75) is 31.2 Å². The van der Waals surface area contributed by atoms with Gasteiger partial charge in [0.2, 0.25) is 0 Å². The van der Waals surface area contributed by atoms with E-state index in [-0.39, 0.29) is 6.04 Å². The number of anilines is 1. The number of nitrogens with zero attached hydrogens (tertiary/aromatic N) is 1. The van der Waals surface area contributed by atoms with Gasteiger partial charge >= 0.3 is 5.97 Å². The van der Waals surface area contributed by atoms with E-state index in [1.54, 1.807) is 6.07 Å². The van der Waals surface area contributed by atoms with Gasteiger partial charge in [0.25, 0.3) is 0 Å². The summed E-state index contributed by atoms with van der Waals surface area (Å²) < 4.78 is 22.5. The van der Waals surface area contributed by atoms with E-state index >= 15 is 0 Å². The van der Waals surface area contributed by atoms with Gasteiger partial charge in [-0.3, -0.25) is 4.90 Å². The van der Waals surface area contributed by atoms with Crippen molar-refractivity contribution < 1.29 is 23.7 Å². The first kappa shape index (κ1) is 15.7. The number of esters is 1. The third-order valence-electron chi connectivity index (χ3n) is 5.10. The van der Waals surface area contributed by atoms with E-state index in [4.69, 9.17) is 24.7 Å². The average Bonchev–Trinajstić information content (AvgIpc) is 2.95. The SMILES string of the molecule is COC(=O)c1cc2c(cc1N)CN1CCC3(C[C@H]1CO2)OCCO3. The molecule has 0 aliphatic carbocycles. The summed E-state index contributed by atoms with van der Waals surface area (Å²) in [6.07, 6.45) is 1.65. The molecule has 24 heavy (non-hydrogen) atoms. The molecular weight excluding hydrogens is 312 g/mol. The zero-order valence-corrected chi connectivity index (χ0v) is 13.7. The van der Waals surface area contributed by atoms with Crippen LogP contribution >= 0.6 is 0 Å². The number of hydrogen-bond acceptors (Lipinski definition) is 7. The predicted molar refractivity (Wildman–Crippen MR) is 85.8 cm³/mol. The van der Waals surface area contributed by atoms with Crippen molar-refractivity contribution in [2.75, 3.05) is 39.2 Å². The van der Waals surface area contributed by atoms with Crippen molar-refractivity contribution in [1.29, 1.82) is 0 Å². The number of rotatable bonds is 1. The van der Waals surface area contributed by atoms with E-state index in [2.05, 4.69) is 4.90 Å². The smallest absolute Gasteiger partial charge is 0.340 e. The third kappa shape index (κ3) is 2.62. The third-order valence-corrected chi connectivity index (χ3v) is 5.10. The first-order valence-corrected chi connectivity index (χ1v) is 8.26. The standard InChI is InChI=1S/C17H22N2O5/c1-21-16(20)13-7-15-11(6-14(13)18)9-19-3-2-17(23-4-5-24-17)8-12(19)10-22-15/h6-7,12H,2-5,8-10,18H2,1H3/t12-/m0/s1. The number of benzene rings is 1. The molecule has 0 bridgehead atoms. The van der Waals surface area contributed by atoms with Crippen LogP contribution in [0.15, 0.2) is 12.1 Å². The maximum Gasteiger partial charge on any atom is 0.340 e.